The average molecular weight is 226 g/mol. The Labute approximate surface area is 103 Å². The quantitative estimate of drug-likeness (QED) is 0.796. The zero-order valence-electron chi connectivity index (χ0n) is 10.6. The molecule has 0 fully saturated rings. The Hall–Kier alpha value is -1.96. The fraction of sp³-hybridized carbons (Fsp3) is 0.200. The van der Waals surface area contributed by atoms with E-state index in [1.807, 2.05) is 27.1 Å². The van der Waals surface area contributed by atoms with Crippen LogP contribution in [-0.4, -0.2) is 14.1 Å². The molecule has 17 heavy (non-hydrogen) atoms. The van der Waals surface area contributed by atoms with Crippen molar-refractivity contribution < 1.29 is 0 Å². The van der Waals surface area contributed by atoms with Crippen LogP contribution in [0, 0.1) is 6.92 Å². The zero-order valence-corrected chi connectivity index (χ0v) is 10.6. The van der Waals surface area contributed by atoms with Gasteiger partial charge in [-0.15, -0.1) is 0 Å². The molecule has 2 rings (SSSR count). The van der Waals surface area contributed by atoms with Crippen molar-refractivity contribution in [3.8, 4) is 11.1 Å². The van der Waals surface area contributed by atoms with E-state index in [4.69, 9.17) is 5.73 Å². The van der Waals surface area contributed by atoms with Gasteiger partial charge < -0.3 is 10.6 Å². The molecular formula is C15H18N2. The molecule has 0 spiro atoms. The molecule has 0 saturated carbocycles. The van der Waals surface area contributed by atoms with Crippen molar-refractivity contribution in [3.05, 3.63) is 48.0 Å². The molecule has 0 atom stereocenters. The number of nitrogens with two attached hydrogens (primary N) is 1. The van der Waals surface area contributed by atoms with Crippen molar-refractivity contribution in [2.24, 2.45) is 0 Å². The molecule has 2 N–H and O–H groups in total. The van der Waals surface area contributed by atoms with E-state index in [0.29, 0.717) is 0 Å². The molecule has 2 aromatic carbocycles. The second-order valence-electron chi connectivity index (χ2n) is 4.51. The van der Waals surface area contributed by atoms with Gasteiger partial charge in [0.1, 0.15) is 0 Å². The van der Waals surface area contributed by atoms with Crippen LogP contribution in [0.1, 0.15) is 5.56 Å². The monoisotopic (exact) mass is 226 g/mol. The predicted octanol–water partition coefficient (Wildman–Crippen LogP) is 3.31. The molecule has 0 aromatic heterocycles. The topological polar surface area (TPSA) is 29.3 Å². The first-order valence-corrected chi connectivity index (χ1v) is 5.72. The maximum Gasteiger partial charge on any atom is 0.0361 e. The van der Waals surface area contributed by atoms with Crippen molar-refractivity contribution in [2.75, 3.05) is 24.7 Å². The van der Waals surface area contributed by atoms with Gasteiger partial charge in [-0.3, -0.25) is 0 Å². The Morgan fingerprint density at radius 1 is 0.882 bits per heavy atom. The highest BCUT2D eigenvalue weighted by atomic mass is 15.1. The SMILES string of the molecule is Cc1ccc(-c2ccc(N(C)C)cc2)cc1N. The lowest BCUT2D eigenvalue weighted by atomic mass is 10.0. The Morgan fingerprint density at radius 2 is 1.47 bits per heavy atom. The molecule has 0 aliphatic heterocycles. The van der Waals surface area contributed by atoms with Gasteiger partial charge in [-0.05, 0) is 41.8 Å². The Kier molecular flexibility index (Phi) is 3.05. The van der Waals surface area contributed by atoms with Gasteiger partial charge in [0, 0.05) is 25.5 Å². The van der Waals surface area contributed by atoms with E-state index in [2.05, 4.69) is 41.3 Å². The highest BCUT2D eigenvalue weighted by molar-refractivity contribution is 5.70. The van der Waals surface area contributed by atoms with Gasteiger partial charge in [-0.2, -0.15) is 0 Å². The number of nitrogen functional groups attached to an aromatic ring is 1. The molecule has 0 saturated heterocycles. The fourth-order valence-corrected chi connectivity index (χ4v) is 1.77. The van der Waals surface area contributed by atoms with E-state index >= 15 is 0 Å². The van der Waals surface area contributed by atoms with Crippen molar-refractivity contribution in [3.63, 3.8) is 0 Å². The zero-order chi connectivity index (χ0) is 12.4. The molecule has 0 heterocycles. The summed E-state index contributed by atoms with van der Waals surface area (Å²) in [6.45, 7) is 2.02. The van der Waals surface area contributed by atoms with E-state index in [0.717, 1.165) is 11.3 Å². The Balaban J connectivity index is 2.36. The number of benzene rings is 2. The van der Waals surface area contributed by atoms with Crippen LogP contribution >= 0.6 is 0 Å². The van der Waals surface area contributed by atoms with E-state index in [1.165, 1.54) is 16.8 Å². The lowest BCUT2D eigenvalue weighted by molar-refractivity contribution is 1.13. The van der Waals surface area contributed by atoms with Crippen LogP contribution < -0.4 is 10.6 Å². The molecule has 0 bridgehead atoms. The van der Waals surface area contributed by atoms with Crippen LogP contribution in [0.15, 0.2) is 42.5 Å². The van der Waals surface area contributed by atoms with Crippen LogP contribution in [0.25, 0.3) is 11.1 Å². The van der Waals surface area contributed by atoms with Crippen molar-refractivity contribution in [1.82, 2.24) is 0 Å². The molecular weight excluding hydrogens is 208 g/mol. The minimum absolute atomic E-state index is 0.846. The summed E-state index contributed by atoms with van der Waals surface area (Å²) >= 11 is 0. The van der Waals surface area contributed by atoms with Crippen LogP contribution in [0.5, 0.6) is 0 Å². The number of hydrogen-bond acceptors (Lipinski definition) is 2. The standard InChI is InChI=1S/C15H18N2/c1-11-4-5-13(10-15(11)16)12-6-8-14(9-7-12)17(2)3/h4-10H,16H2,1-3H3. The summed E-state index contributed by atoms with van der Waals surface area (Å²) in [7, 11) is 4.08. The van der Waals surface area contributed by atoms with Gasteiger partial charge in [0.05, 0.1) is 0 Å². The maximum absolute atomic E-state index is 5.93. The average Bonchev–Trinajstić information content (AvgIpc) is 2.33. The number of aryl methyl sites for hydroxylation is 1. The molecule has 2 aromatic rings. The second kappa shape index (κ2) is 4.50. The van der Waals surface area contributed by atoms with Crippen LogP contribution in [0.2, 0.25) is 0 Å². The van der Waals surface area contributed by atoms with E-state index in [-0.39, 0.29) is 0 Å². The Morgan fingerprint density at radius 3 is 2.00 bits per heavy atom. The van der Waals surface area contributed by atoms with Gasteiger partial charge in [0.25, 0.3) is 0 Å². The van der Waals surface area contributed by atoms with E-state index in [9.17, 15) is 0 Å². The third-order valence-corrected chi connectivity index (χ3v) is 3.00. The highest BCUT2D eigenvalue weighted by Crippen LogP contribution is 2.25. The van der Waals surface area contributed by atoms with Gasteiger partial charge >= 0.3 is 0 Å². The minimum atomic E-state index is 0.846. The summed E-state index contributed by atoms with van der Waals surface area (Å²) in [5.41, 5.74) is 11.5. The van der Waals surface area contributed by atoms with Crippen molar-refractivity contribution >= 4 is 11.4 Å². The molecule has 0 amide bonds. The summed E-state index contributed by atoms with van der Waals surface area (Å²) in [6, 6.07) is 14.7. The fourth-order valence-electron chi connectivity index (χ4n) is 1.77. The smallest absolute Gasteiger partial charge is 0.0361 e. The second-order valence-corrected chi connectivity index (χ2v) is 4.51. The minimum Gasteiger partial charge on any atom is -0.398 e. The first-order chi connectivity index (χ1) is 8.08. The van der Waals surface area contributed by atoms with Gasteiger partial charge in [-0.1, -0.05) is 24.3 Å². The number of anilines is 2. The molecule has 0 radical (unpaired) electrons. The summed E-state index contributed by atoms with van der Waals surface area (Å²) < 4.78 is 0. The summed E-state index contributed by atoms with van der Waals surface area (Å²) in [6.07, 6.45) is 0. The van der Waals surface area contributed by atoms with Crippen molar-refractivity contribution in [2.45, 2.75) is 6.92 Å². The third-order valence-electron chi connectivity index (χ3n) is 3.00. The Bertz CT molecular complexity index is 513. The van der Waals surface area contributed by atoms with Crippen LogP contribution in [0.3, 0.4) is 0 Å². The summed E-state index contributed by atoms with van der Waals surface area (Å²) in [4.78, 5) is 2.09. The van der Waals surface area contributed by atoms with Gasteiger partial charge in [0.2, 0.25) is 0 Å². The van der Waals surface area contributed by atoms with Crippen LogP contribution in [-0.2, 0) is 0 Å². The van der Waals surface area contributed by atoms with Crippen LogP contribution in [0.4, 0.5) is 11.4 Å². The van der Waals surface area contributed by atoms with Gasteiger partial charge in [0.15, 0.2) is 0 Å². The highest BCUT2D eigenvalue weighted by Gasteiger charge is 2.01. The van der Waals surface area contributed by atoms with E-state index < -0.39 is 0 Å². The number of nitrogens with zero attached hydrogens (tertiary/aromatic N) is 1. The third kappa shape index (κ3) is 2.41. The molecule has 2 heteroatoms. The molecule has 88 valence electrons. The normalized spacial score (nSPS) is 10.3. The number of rotatable bonds is 2. The predicted molar refractivity (Wildman–Crippen MR) is 75.4 cm³/mol. The first kappa shape index (κ1) is 11.5. The maximum atomic E-state index is 5.93. The van der Waals surface area contributed by atoms with E-state index in [1.54, 1.807) is 0 Å². The molecule has 0 unspecified atom stereocenters. The molecule has 0 aliphatic carbocycles. The summed E-state index contributed by atoms with van der Waals surface area (Å²) in [5.74, 6) is 0. The lowest BCUT2D eigenvalue weighted by Crippen LogP contribution is -2.07. The first-order valence-electron chi connectivity index (χ1n) is 5.72. The molecule has 0 aliphatic rings. The van der Waals surface area contributed by atoms with Crippen molar-refractivity contribution in [1.29, 1.82) is 0 Å². The molecule has 2 nitrogen and oxygen atoms in total. The lowest BCUT2D eigenvalue weighted by Gasteiger charge is -2.13. The number of hydrogen-bond donors (Lipinski definition) is 1. The largest absolute Gasteiger partial charge is 0.398 e. The summed E-state index contributed by atoms with van der Waals surface area (Å²) in [5, 5.41) is 0. The van der Waals surface area contributed by atoms with Gasteiger partial charge in [-0.25, -0.2) is 0 Å².